The summed E-state index contributed by atoms with van der Waals surface area (Å²) in [4.78, 5) is 26.4. The predicted octanol–water partition coefficient (Wildman–Crippen LogP) is 1.42. The van der Waals surface area contributed by atoms with Gasteiger partial charge in [-0.15, -0.1) is 0 Å². The summed E-state index contributed by atoms with van der Waals surface area (Å²) >= 11 is 0. The highest BCUT2D eigenvalue weighted by molar-refractivity contribution is 5.93. The van der Waals surface area contributed by atoms with E-state index in [-0.39, 0.29) is 12.5 Å². The second-order valence-electron chi connectivity index (χ2n) is 5.60. The van der Waals surface area contributed by atoms with Gasteiger partial charge in [-0.1, -0.05) is 0 Å². The third kappa shape index (κ3) is 3.83. The SMILES string of the molecule is C[C@@H](O)COc1ncc(-c2cnc3[nH]cc(/C=C/C(N)=O)c3n2)cc1F. The average molecular weight is 357 g/mol. The Kier molecular flexibility index (Phi) is 4.90. The number of nitrogens with two attached hydrogens (primary N) is 1. The van der Waals surface area contributed by atoms with E-state index in [4.69, 9.17) is 10.5 Å². The zero-order valence-corrected chi connectivity index (χ0v) is 13.8. The van der Waals surface area contributed by atoms with Crippen LogP contribution in [0, 0.1) is 5.82 Å². The highest BCUT2D eigenvalue weighted by atomic mass is 19.1. The fourth-order valence-electron chi connectivity index (χ4n) is 2.22. The van der Waals surface area contributed by atoms with Crippen LogP contribution >= 0.6 is 0 Å². The van der Waals surface area contributed by atoms with E-state index in [0.717, 1.165) is 0 Å². The minimum Gasteiger partial charge on any atom is -0.473 e. The Morgan fingerprint density at radius 2 is 2.27 bits per heavy atom. The van der Waals surface area contributed by atoms with E-state index in [1.165, 1.54) is 37.5 Å². The fourth-order valence-corrected chi connectivity index (χ4v) is 2.22. The van der Waals surface area contributed by atoms with Crippen molar-refractivity contribution in [1.29, 1.82) is 0 Å². The van der Waals surface area contributed by atoms with E-state index in [1.54, 1.807) is 6.20 Å². The number of carbonyl (C=O) groups is 1. The van der Waals surface area contributed by atoms with E-state index < -0.39 is 17.8 Å². The van der Waals surface area contributed by atoms with Gasteiger partial charge in [0.05, 0.1) is 18.0 Å². The Balaban J connectivity index is 1.93. The lowest BCUT2D eigenvalue weighted by Crippen LogP contribution is -2.14. The van der Waals surface area contributed by atoms with Crippen molar-refractivity contribution in [2.45, 2.75) is 13.0 Å². The van der Waals surface area contributed by atoms with E-state index in [1.807, 2.05) is 0 Å². The second-order valence-corrected chi connectivity index (χ2v) is 5.60. The van der Waals surface area contributed by atoms with Crippen molar-refractivity contribution in [3.8, 4) is 17.1 Å². The molecule has 3 heterocycles. The number of aromatic nitrogens is 4. The number of rotatable bonds is 6. The molecule has 0 radical (unpaired) electrons. The Hall–Kier alpha value is -3.33. The molecule has 0 aliphatic carbocycles. The van der Waals surface area contributed by atoms with E-state index in [0.29, 0.717) is 28.0 Å². The van der Waals surface area contributed by atoms with E-state index >= 15 is 0 Å². The molecule has 3 aromatic rings. The molecule has 0 unspecified atom stereocenters. The van der Waals surface area contributed by atoms with Gasteiger partial charge < -0.3 is 20.6 Å². The molecule has 3 rings (SSSR count). The zero-order chi connectivity index (χ0) is 18.7. The maximum absolute atomic E-state index is 14.1. The number of primary amides is 1. The molecule has 0 saturated heterocycles. The lowest BCUT2D eigenvalue weighted by molar-refractivity contribution is -0.113. The van der Waals surface area contributed by atoms with Gasteiger partial charge in [-0.25, -0.2) is 19.3 Å². The first-order valence-corrected chi connectivity index (χ1v) is 7.72. The Morgan fingerprint density at radius 1 is 1.46 bits per heavy atom. The number of aromatic amines is 1. The molecule has 0 aromatic carbocycles. The standard InChI is InChI=1S/C17H16FN5O3/c1-9(24)8-26-17-12(18)4-11(6-22-17)13-7-21-16-15(23-13)10(5-20-16)2-3-14(19)25/h2-7,9,24H,8H2,1H3,(H2,19,25)(H,20,21)/b3-2+/t9-/m1/s1. The van der Waals surface area contributed by atoms with Crippen molar-refractivity contribution in [1.82, 2.24) is 19.9 Å². The van der Waals surface area contributed by atoms with Crippen LogP contribution in [-0.2, 0) is 4.79 Å². The van der Waals surface area contributed by atoms with E-state index in [9.17, 15) is 14.3 Å². The molecule has 0 fully saturated rings. The van der Waals surface area contributed by atoms with Gasteiger partial charge in [-0.05, 0) is 19.1 Å². The van der Waals surface area contributed by atoms with Crippen molar-refractivity contribution in [3.63, 3.8) is 0 Å². The van der Waals surface area contributed by atoms with Crippen LogP contribution in [0.2, 0.25) is 0 Å². The molecule has 8 nitrogen and oxygen atoms in total. The molecule has 1 atom stereocenters. The number of nitrogens with one attached hydrogen (secondary N) is 1. The molecule has 4 N–H and O–H groups in total. The molecule has 0 aliphatic rings. The third-order valence-corrected chi connectivity index (χ3v) is 3.40. The van der Waals surface area contributed by atoms with Gasteiger partial charge in [-0.3, -0.25) is 4.79 Å². The highest BCUT2D eigenvalue weighted by Gasteiger charge is 2.12. The van der Waals surface area contributed by atoms with Gasteiger partial charge in [0.2, 0.25) is 11.8 Å². The lowest BCUT2D eigenvalue weighted by atomic mass is 10.2. The number of carbonyl (C=O) groups excluding carboxylic acids is 1. The van der Waals surface area contributed by atoms with Crippen molar-refractivity contribution >= 4 is 23.1 Å². The van der Waals surface area contributed by atoms with Crippen molar-refractivity contribution in [2.75, 3.05) is 6.61 Å². The molecule has 0 aliphatic heterocycles. The molecule has 134 valence electrons. The number of amides is 1. The highest BCUT2D eigenvalue weighted by Crippen LogP contribution is 2.24. The number of halogens is 1. The normalized spacial score (nSPS) is 12.6. The molecule has 0 bridgehead atoms. The van der Waals surface area contributed by atoms with Crippen LogP contribution in [-0.4, -0.2) is 43.7 Å². The number of pyridine rings is 1. The summed E-state index contributed by atoms with van der Waals surface area (Å²) < 4.78 is 19.2. The number of hydrogen-bond acceptors (Lipinski definition) is 6. The molecule has 9 heteroatoms. The molecule has 0 saturated carbocycles. The van der Waals surface area contributed by atoms with Crippen molar-refractivity contribution in [2.24, 2.45) is 5.73 Å². The maximum Gasteiger partial charge on any atom is 0.250 e. The summed E-state index contributed by atoms with van der Waals surface area (Å²) in [6, 6.07) is 1.23. The summed E-state index contributed by atoms with van der Waals surface area (Å²) in [6.07, 6.45) is 6.52. The molecular formula is C17H16FN5O3. The fraction of sp³-hybridized carbons (Fsp3) is 0.176. The molecule has 3 aromatic heterocycles. The topological polar surface area (TPSA) is 127 Å². The first kappa shape index (κ1) is 17.5. The van der Waals surface area contributed by atoms with Gasteiger partial charge in [0.25, 0.3) is 0 Å². The number of aliphatic hydroxyl groups is 1. The van der Waals surface area contributed by atoms with Crippen LogP contribution in [0.25, 0.3) is 28.5 Å². The largest absolute Gasteiger partial charge is 0.473 e. The first-order chi connectivity index (χ1) is 12.4. The summed E-state index contributed by atoms with van der Waals surface area (Å²) in [7, 11) is 0. The summed E-state index contributed by atoms with van der Waals surface area (Å²) in [5, 5.41) is 9.19. The molecule has 26 heavy (non-hydrogen) atoms. The van der Waals surface area contributed by atoms with Gasteiger partial charge in [0.15, 0.2) is 11.5 Å². The zero-order valence-electron chi connectivity index (χ0n) is 13.8. The predicted molar refractivity (Wildman–Crippen MR) is 92.5 cm³/mol. The summed E-state index contributed by atoms with van der Waals surface area (Å²) in [5.74, 6) is -1.45. The number of H-pyrrole nitrogens is 1. The number of fused-ring (bicyclic) bond motifs is 1. The van der Waals surface area contributed by atoms with Crippen LogP contribution in [0.3, 0.4) is 0 Å². The first-order valence-electron chi connectivity index (χ1n) is 7.72. The summed E-state index contributed by atoms with van der Waals surface area (Å²) in [5.41, 5.74) is 7.56. The van der Waals surface area contributed by atoms with Gasteiger partial charge in [-0.2, -0.15) is 0 Å². The molecule has 1 amide bonds. The third-order valence-electron chi connectivity index (χ3n) is 3.40. The minimum atomic E-state index is -0.732. The Bertz CT molecular complexity index is 984. The Labute approximate surface area is 147 Å². The quantitative estimate of drug-likeness (QED) is 0.573. The Morgan fingerprint density at radius 3 is 2.96 bits per heavy atom. The second kappa shape index (κ2) is 7.28. The van der Waals surface area contributed by atoms with Gasteiger partial charge >= 0.3 is 0 Å². The van der Waals surface area contributed by atoms with Crippen LogP contribution in [0.1, 0.15) is 12.5 Å². The lowest BCUT2D eigenvalue weighted by Gasteiger charge is -2.08. The van der Waals surface area contributed by atoms with Crippen LogP contribution in [0.15, 0.2) is 30.7 Å². The number of hydrogen-bond donors (Lipinski definition) is 3. The monoisotopic (exact) mass is 357 g/mol. The number of ether oxygens (including phenoxy) is 1. The number of aliphatic hydroxyl groups excluding tert-OH is 1. The van der Waals surface area contributed by atoms with Crippen molar-refractivity contribution < 1.29 is 19.0 Å². The average Bonchev–Trinajstić information content (AvgIpc) is 3.01. The van der Waals surface area contributed by atoms with Crippen LogP contribution < -0.4 is 10.5 Å². The maximum atomic E-state index is 14.1. The number of nitrogens with zero attached hydrogens (tertiary/aromatic N) is 3. The van der Waals surface area contributed by atoms with Crippen molar-refractivity contribution in [3.05, 3.63) is 42.1 Å². The van der Waals surface area contributed by atoms with Crippen LogP contribution in [0.4, 0.5) is 4.39 Å². The van der Waals surface area contributed by atoms with Crippen LogP contribution in [0.5, 0.6) is 5.88 Å². The summed E-state index contributed by atoms with van der Waals surface area (Å²) in [6.45, 7) is 1.46. The smallest absolute Gasteiger partial charge is 0.250 e. The minimum absolute atomic E-state index is 0.0616. The van der Waals surface area contributed by atoms with Gasteiger partial charge in [0, 0.05) is 29.6 Å². The molecular weight excluding hydrogens is 341 g/mol. The molecule has 0 spiro atoms. The van der Waals surface area contributed by atoms with E-state index in [2.05, 4.69) is 19.9 Å². The van der Waals surface area contributed by atoms with Gasteiger partial charge in [0.1, 0.15) is 12.1 Å².